The lowest BCUT2D eigenvalue weighted by molar-refractivity contribution is 0.101. The predicted octanol–water partition coefficient (Wildman–Crippen LogP) is 2.86. The average molecular weight is 199 g/mol. The summed E-state index contributed by atoms with van der Waals surface area (Å²) < 4.78 is 5.00. The van der Waals surface area contributed by atoms with Gasteiger partial charge in [-0.15, -0.1) is 0 Å². The van der Waals surface area contributed by atoms with Crippen LogP contribution in [0.5, 0.6) is 5.75 Å². The van der Waals surface area contributed by atoms with Gasteiger partial charge < -0.3 is 4.74 Å². The number of carbonyl (C=O) groups is 1. The zero-order valence-electron chi connectivity index (χ0n) is 7.85. The molecular formula is C10H11ClO2. The van der Waals surface area contributed by atoms with Crippen molar-refractivity contribution < 1.29 is 9.53 Å². The van der Waals surface area contributed by atoms with Crippen molar-refractivity contribution in [2.24, 2.45) is 0 Å². The predicted molar refractivity (Wildman–Crippen MR) is 52.7 cm³/mol. The van der Waals surface area contributed by atoms with E-state index in [0.29, 0.717) is 16.3 Å². The molecule has 0 bridgehead atoms. The Morgan fingerprint density at radius 1 is 1.46 bits per heavy atom. The van der Waals surface area contributed by atoms with Crippen LogP contribution in [0.2, 0.25) is 5.02 Å². The third kappa shape index (κ3) is 2.01. The maximum absolute atomic E-state index is 11.2. The Bertz CT molecular complexity index is 345. The van der Waals surface area contributed by atoms with Gasteiger partial charge in [-0.2, -0.15) is 0 Å². The number of ketones is 1. The van der Waals surface area contributed by atoms with E-state index in [9.17, 15) is 4.79 Å². The van der Waals surface area contributed by atoms with Crippen LogP contribution in [0.25, 0.3) is 0 Å². The number of rotatable bonds is 2. The highest BCUT2D eigenvalue weighted by molar-refractivity contribution is 6.32. The minimum atomic E-state index is -0.00157. The van der Waals surface area contributed by atoms with Crippen molar-refractivity contribution in [3.63, 3.8) is 0 Å². The lowest BCUT2D eigenvalue weighted by Crippen LogP contribution is -1.97. The number of halogens is 1. The topological polar surface area (TPSA) is 26.3 Å². The second-order valence-corrected chi connectivity index (χ2v) is 3.25. The van der Waals surface area contributed by atoms with Gasteiger partial charge in [-0.1, -0.05) is 11.6 Å². The van der Waals surface area contributed by atoms with Gasteiger partial charge in [0.2, 0.25) is 0 Å². The molecule has 0 heterocycles. The summed E-state index contributed by atoms with van der Waals surface area (Å²) in [6.07, 6.45) is 0. The molecule has 3 heteroatoms. The van der Waals surface area contributed by atoms with E-state index < -0.39 is 0 Å². The van der Waals surface area contributed by atoms with Crippen LogP contribution in [0.4, 0.5) is 0 Å². The third-order valence-corrected chi connectivity index (χ3v) is 2.33. The first-order valence-corrected chi connectivity index (χ1v) is 4.29. The Morgan fingerprint density at radius 3 is 2.54 bits per heavy atom. The van der Waals surface area contributed by atoms with Crippen molar-refractivity contribution in [2.75, 3.05) is 7.11 Å². The number of benzene rings is 1. The maximum Gasteiger partial charge on any atom is 0.160 e. The van der Waals surface area contributed by atoms with Crippen LogP contribution in [-0.2, 0) is 0 Å². The van der Waals surface area contributed by atoms with Crippen LogP contribution in [0.1, 0.15) is 22.8 Å². The Labute approximate surface area is 82.5 Å². The highest BCUT2D eigenvalue weighted by Crippen LogP contribution is 2.26. The zero-order valence-corrected chi connectivity index (χ0v) is 8.61. The molecule has 0 spiro atoms. The molecule has 0 atom stereocenters. The molecule has 0 aliphatic carbocycles. The maximum atomic E-state index is 11.2. The van der Waals surface area contributed by atoms with Crippen molar-refractivity contribution in [1.29, 1.82) is 0 Å². The minimum absolute atomic E-state index is 0.00157. The molecular weight excluding hydrogens is 188 g/mol. The molecule has 0 fully saturated rings. The highest BCUT2D eigenvalue weighted by Gasteiger charge is 2.09. The fraction of sp³-hybridized carbons (Fsp3) is 0.300. The molecule has 1 aromatic carbocycles. The Hall–Kier alpha value is -1.02. The fourth-order valence-corrected chi connectivity index (χ4v) is 1.35. The molecule has 0 saturated carbocycles. The largest absolute Gasteiger partial charge is 0.497 e. The molecule has 70 valence electrons. The molecule has 0 saturated heterocycles. The minimum Gasteiger partial charge on any atom is -0.497 e. The third-order valence-electron chi connectivity index (χ3n) is 1.93. The number of hydrogen-bond acceptors (Lipinski definition) is 2. The van der Waals surface area contributed by atoms with Gasteiger partial charge in [-0.25, -0.2) is 0 Å². The quantitative estimate of drug-likeness (QED) is 0.684. The first kappa shape index (κ1) is 10.1. The summed E-state index contributed by atoms with van der Waals surface area (Å²) in [5, 5.41) is 0.560. The molecule has 2 nitrogen and oxygen atoms in total. The van der Waals surface area contributed by atoms with Crippen molar-refractivity contribution in [3.05, 3.63) is 28.3 Å². The molecule has 1 aromatic rings. The van der Waals surface area contributed by atoms with Gasteiger partial charge in [-0.05, 0) is 31.5 Å². The Balaban J connectivity index is 3.33. The average Bonchev–Trinajstić information content (AvgIpc) is 2.09. The van der Waals surface area contributed by atoms with E-state index in [1.165, 1.54) is 6.92 Å². The van der Waals surface area contributed by atoms with Gasteiger partial charge in [0.1, 0.15) is 5.75 Å². The van der Waals surface area contributed by atoms with Crippen molar-refractivity contribution in [2.45, 2.75) is 13.8 Å². The Morgan fingerprint density at radius 2 is 2.08 bits per heavy atom. The molecule has 0 amide bonds. The SMILES string of the molecule is COc1cc(Cl)c(C)c(C(C)=O)c1. The van der Waals surface area contributed by atoms with E-state index in [1.807, 2.05) is 6.92 Å². The van der Waals surface area contributed by atoms with Gasteiger partial charge in [0.15, 0.2) is 5.78 Å². The lowest BCUT2D eigenvalue weighted by atomic mass is 10.1. The number of hydrogen-bond donors (Lipinski definition) is 0. The lowest BCUT2D eigenvalue weighted by Gasteiger charge is -2.07. The number of carbonyl (C=O) groups excluding carboxylic acids is 1. The van der Waals surface area contributed by atoms with Crippen LogP contribution >= 0.6 is 11.6 Å². The van der Waals surface area contributed by atoms with Crippen LogP contribution in [0.3, 0.4) is 0 Å². The van der Waals surface area contributed by atoms with E-state index in [1.54, 1.807) is 19.2 Å². The number of ether oxygens (including phenoxy) is 1. The van der Waals surface area contributed by atoms with Gasteiger partial charge in [0.05, 0.1) is 7.11 Å². The van der Waals surface area contributed by atoms with Crippen molar-refractivity contribution in [1.82, 2.24) is 0 Å². The van der Waals surface area contributed by atoms with E-state index in [-0.39, 0.29) is 5.78 Å². The van der Waals surface area contributed by atoms with Gasteiger partial charge in [0, 0.05) is 10.6 Å². The standard InChI is InChI=1S/C10H11ClO2/c1-6-9(7(2)12)4-8(13-3)5-10(6)11/h4-5H,1-3H3. The first-order chi connectivity index (χ1) is 6.06. The van der Waals surface area contributed by atoms with Crippen LogP contribution in [-0.4, -0.2) is 12.9 Å². The first-order valence-electron chi connectivity index (χ1n) is 3.91. The van der Waals surface area contributed by atoms with E-state index in [4.69, 9.17) is 16.3 Å². The normalized spacial score (nSPS) is 9.85. The number of methoxy groups -OCH3 is 1. The van der Waals surface area contributed by atoms with Gasteiger partial charge in [0.25, 0.3) is 0 Å². The smallest absolute Gasteiger partial charge is 0.160 e. The van der Waals surface area contributed by atoms with Crippen LogP contribution < -0.4 is 4.74 Å². The van der Waals surface area contributed by atoms with Crippen LogP contribution in [0, 0.1) is 6.92 Å². The number of Topliss-reactive ketones (excluding diaryl/α,β-unsaturated/α-hetero) is 1. The molecule has 1 rings (SSSR count). The molecule has 0 N–H and O–H groups in total. The van der Waals surface area contributed by atoms with E-state index >= 15 is 0 Å². The van der Waals surface area contributed by atoms with Crippen molar-refractivity contribution >= 4 is 17.4 Å². The summed E-state index contributed by atoms with van der Waals surface area (Å²) >= 11 is 5.91. The highest BCUT2D eigenvalue weighted by atomic mass is 35.5. The van der Waals surface area contributed by atoms with Gasteiger partial charge in [-0.3, -0.25) is 4.79 Å². The molecule has 13 heavy (non-hydrogen) atoms. The van der Waals surface area contributed by atoms with E-state index in [2.05, 4.69) is 0 Å². The second kappa shape index (κ2) is 3.79. The monoisotopic (exact) mass is 198 g/mol. The molecule has 0 aliphatic heterocycles. The molecule has 0 unspecified atom stereocenters. The zero-order chi connectivity index (χ0) is 10.0. The van der Waals surface area contributed by atoms with Crippen molar-refractivity contribution in [3.8, 4) is 5.75 Å². The second-order valence-electron chi connectivity index (χ2n) is 2.84. The Kier molecular flexibility index (Phi) is 2.94. The summed E-state index contributed by atoms with van der Waals surface area (Å²) in [5.74, 6) is 0.610. The molecule has 0 aliphatic rings. The summed E-state index contributed by atoms with van der Waals surface area (Å²) in [7, 11) is 1.55. The summed E-state index contributed by atoms with van der Waals surface area (Å²) in [6.45, 7) is 3.33. The summed E-state index contributed by atoms with van der Waals surface area (Å²) in [6, 6.07) is 3.40. The van der Waals surface area contributed by atoms with E-state index in [0.717, 1.165) is 5.56 Å². The van der Waals surface area contributed by atoms with Crippen LogP contribution in [0.15, 0.2) is 12.1 Å². The molecule has 0 radical (unpaired) electrons. The van der Waals surface area contributed by atoms with Gasteiger partial charge >= 0.3 is 0 Å². The molecule has 0 aromatic heterocycles. The fourth-order valence-electron chi connectivity index (χ4n) is 1.14. The summed E-state index contributed by atoms with van der Waals surface area (Å²) in [4.78, 5) is 11.2. The summed E-state index contributed by atoms with van der Waals surface area (Å²) in [5.41, 5.74) is 1.42.